The largest absolute Gasteiger partial charge is 0.394 e. The Labute approximate surface area is 156 Å². The molecule has 0 radical (unpaired) electrons. The summed E-state index contributed by atoms with van der Waals surface area (Å²) >= 11 is 6.02. The maximum absolute atomic E-state index is 12.3. The van der Waals surface area contributed by atoms with Crippen LogP contribution in [0.1, 0.15) is 29.8 Å². The maximum Gasteiger partial charge on any atom is 0.258 e. The molecule has 1 aliphatic rings. The molecular formula is C20H20ClN3O2. The molecule has 3 aromatic rings. The molecule has 0 spiro atoms. The van der Waals surface area contributed by atoms with Gasteiger partial charge in [0.25, 0.3) is 5.56 Å². The highest BCUT2D eigenvalue weighted by atomic mass is 35.5. The van der Waals surface area contributed by atoms with Crippen molar-refractivity contribution >= 4 is 22.5 Å². The molecule has 0 aliphatic heterocycles. The van der Waals surface area contributed by atoms with E-state index >= 15 is 0 Å². The minimum Gasteiger partial charge on any atom is -0.394 e. The van der Waals surface area contributed by atoms with Gasteiger partial charge in [-0.05, 0) is 48.6 Å². The first-order valence-corrected chi connectivity index (χ1v) is 9.12. The summed E-state index contributed by atoms with van der Waals surface area (Å²) in [4.78, 5) is 19.6. The summed E-state index contributed by atoms with van der Waals surface area (Å²) in [6.07, 6.45) is 2.86. The summed E-state index contributed by atoms with van der Waals surface area (Å²) in [5, 5.41) is 14.7. The van der Waals surface area contributed by atoms with E-state index < -0.39 is 5.54 Å². The van der Waals surface area contributed by atoms with Crippen molar-refractivity contribution in [2.24, 2.45) is 0 Å². The SMILES string of the molecule is O=c1[nH]c(CNC2(CO)CCCc3ccccc32)nc2cc(Cl)ccc12. The van der Waals surface area contributed by atoms with E-state index in [1.54, 1.807) is 18.2 Å². The van der Waals surface area contributed by atoms with Crippen LogP contribution in [0.4, 0.5) is 0 Å². The van der Waals surface area contributed by atoms with E-state index in [9.17, 15) is 9.90 Å². The molecule has 134 valence electrons. The molecule has 26 heavy (non-hydrogen) atoms. The fourth-order valence-electron chi connectivity index (χ4n) is 3.82. The van der Waals surface area contributed by atoms with Gasteiger partial charge in [0.1, 0.15) is 5.82 Å². The number of rotatable bonds is 4. The fourth-order valence-corrected chi connectivity index (χ4v) is 3.99. The Hall–Kier alpha value is -2.21. The lowest BCUT2D eigenvalue weighted by molar-refractivity contribution is 0.139. The summed E-state index contributed by atoms with van der Waals surface area (Å²) < 4.78 is 0. The Morgan fingerprint density at radius 1 is 1.27 bits per heavy atom. The first kappa shape index (κ1) is 17.2. The summed E-state index contributed by atoms with van der Waals surface area (Å²) in [5.41, 5.74) is 2.24. The van der Waals surface area contributed by atoms with Gasteiger partial charge in [-0.1, -0.05) is 35.9 Å². The second kappa shape index (κ2) is 6.83. The molecule has 0 amide bonds. The average molecular weight is 370 g/mol. The number of fused-ring (bicyclic) bond motifs is 2. The first-order chi connectivity index (χ1) is 12.6. The molecule has 1 unspecified atom stereocenters. The third-order valence-corrected chi connectivity index (χ3v) is 5.40. The predicted molar refractivity (Wildman–Crippen MR) is 102 cm³/mol. The van der Waals surface area contributed by atoms with E-state index in [0.717, 1.165) is 24.8 Å². The molecule has 4 rings (SSSR count). The van der Waals surface area contributed by atoms with Gasteiger partial charge in [0, 0.05) is 5.02 Å². The number of aliphatic hydroxyl groups excluding tert-OH is 1. The number of hydrogen-bond acceptors (Lipinski definition) is 4. The topological polar surface area (TPSA) is 78.0 Å². The van der Waals surface area contributed by atoms with Crippen LogP contribution in [0, 0.1) is 0 Å². The molecule has 1 heterocycles. The van der Waals surface area contributed by atoms with Crippen LogP contribution >= 0.6 is 11.6 Å². The van der Waals surface area contributed by atoms with E-state index in [4.69, 9.17) is 11.6 Å². The average Bonchev–Trinajstić information content (AvgIpc) is 2.66. The zero-order chi connectivity index (χ0) is 18.1. The monoisotopic (exact) mass is 369 g/mol. The van der Waals surface area contributed by atoms with Crippen LogP contribution in [-0.2, 0) is 18.5 Å². The van der Waals surface area contributed by atoms with Crippen LogP contribution in [0.2, 0.25) is 5.02 Å². The number of aromatic amines is 1. The van der Waals surface area contributed by atoms with E-state index in [-0.39, 0.29) is 12.2 Å². The highest BCUT2D eigenvalue weighted by Crippen LogP contribution is 2.35. The van der Waals surface area contributed by atoms with Crippen LogP contribution in [0.25, 0.3) is 10.9 Å². The number of nitrogens with one attached hydrogen (secondary N) is 2. The number of aliphatic hydroxyl groups is 1. The number of hydrogen-bond donors (Lipinski definition) is 3. The number of aromatic nitrogens is 2. The maximum atomic E-state index is 12.3. The normalized spacial score (nSPS) is 19.5. The van der Waals surface area contributed by atoms with Gasteiger partial charge in [-0.25, -0.2) is 4.98 Å². The minimum atomic E-state index is -0.517. The summed E-state index contributed by atoms with van der Waals surface area (Å²) in [7, 11) is 0. The molecule has 0 bridgehead atoms. The zero-order valence-corrected chi connectivity index (χ0v) is 15.0. The molecular weight excluding hydrogens is 350 g/mol. The van der Waals surface area contributed by atoms with Gasteiger partial charge in [0.05, 0.1) is 29.6 Å². The van der Waals surface area contributed by atoms with E-state index in [2.05, 4.69) is 27.4 Å². The number of nitrogens with zero attached hydrogens (tertiary/aromatic N) is 1. The van der Waals surface area contributed by atoms with Gasteiger partial charge in [0.15, 0.2) is 0 Å². The predicted octanol–water partition coefficient (Wildman–Crippen LogP) is 2.89. The van der Waals surface area contributed by atoms with E-state index in [1.165, 1.54) is 5.56 Å². The third kappa shape index (κ3) is 3.03. The lowest BCUT2D eigenvalue weighted by atomic mass is 9.77. The molecule has 0 saturated carbocycles. The van der Waals surface area contributed by atoms with E-state index in [1.807, 2.05) is 12.1 Å². The van der Waals surface area contributed by atoms with Crippen LogP contribution in [0.15, 0.2) is 47.3 Å². The Morgan fingerprint density at radius 3 is 2.96 bits per heavy atom. The van der Waals surface area contributed by atoms with Crippen molar-refractivity contribution in [1.29, 1.82) is 0 Å². The summed E-state index contributed by atoms with van der Waals surface area (Å²) in [6.45, 7) is 0.347. The highest BCUT2D eigenvalue weighted by molar-refractivity contribution is 6.31. The van der Waals surface area contributed by atoms with Gasteiger partial charge >= 0.3 is 0 Å². The van der Waals surface area contributed by atoms with Crippen molar-refractivity contribution in [3.05, 3.63) is 74.8 Å². The van der Waals surface area contributed by atoms with Crippen molar-refractivity contribution < 1.29 is 5.11 Å². The van der Waals surface area contributed by atoms with Crippen molar-refractivity contribution in [1.82, 2.24) is 15.3 Å². The number of benzene rings is 2. The Bertz CT molecular complexity index is 1020. The first-order valence-electron chi connectivity index (χ1n) is 8.74. The molecule has 1 atom stereocenters. The standard InChI is InChI=1S/C20H20ClN3O2/c21-14-7-8-15-17(10-14)23-18(24-19(15)26)11-22-20(12-25)9-3-5-13-4-1-2-6-16(13)20/h1-2,4,6-8,10,22,25H,3,5,9,11-12H2,(H,23,24,26). The Kier molecular flexibility index (Phi) is 4.53. The Balaban J connectivity index is 1.66. The van der Waals surface area contributed by atoms with Gasteiger partial charge in [-0.2, -0.15) is 0 Å². The second-order valence-corrected chi connectivity index (χ2v) is 7.22. The van der Waals surface area contributed by atoms with E-state index in [0.29, 0.717) is 28.3 Å². The van der Waals surface area contributed by atoms with Crippen molar-refractivity contribution in [3.63, 3.8) is 0 Å². The van der Waals surface area contributed by atoms with Gasteiger partial charge in [0.2, 0.25) is 0 Å². The van der Waals surface area contributed by atoms with Crippen LogP contribution < -0.4 is 10.9 Å². The summed E-state index contributed by atoms with van der Waals surface area (Å²) in [6, 6.07) is 13.2. The van der Waals surface area contributed by atoms with Crippen molar-refractivity contribution in [2.45, 2.75) is 31.3 Å². The lowest BCUT2D eigenvalue weighted by Crippen LogP contribution is -2.48. The Morgan fingerprint density at radius 2 is 2.12 bits per heavy atom. The van der Waals surface area contributed by atoms with Gasteiger partial charge < -0.3 is 10.1 Å². The quantitative estimate of drug-likeness (QED) is 0.660. The smallest absolute Gasteiger partial charge is 0.258 e. The fraction of sp³-hybridized carbons (Fsp3) is 0.300. The zero-order valence-electron chi connectivity index (χ0n) is 14.3. The molecule has 0 saturated heterocycles. The van der Waals surface area contributed by atoms with Crippen molar-refractivity contribution in [2.75, 3.05) is 6.61 Å². The number of halogens is 1. The van der Waals surface area contributed by atoms with Crippen LogP contribution in [-0.4, -0.2) is 21.7 Å². The summed E-state index contributed by atoms with van der Waals surface area (Å²) in [5.74, 6) is 0.528. The molecule has 0 fully saturated rings. The second-order valence-electron chi connectivity index (χ2n) is 6.78. The van der Waals surface area contributed by atoms with Crippen LogP contribution in [0.3, 0.4) is 0 Å². The highest BCUT2D eigenvalue weighted by Gasteiger charge is 2.35. The number of aryl methyl sites for hydroxylation is 1. The molecule has 2 aromatic carbocycles. The van der Waals surface area contributed by atoms with Gasteiger partial charge in [-0.15, -0.1) is 0 Å². The minimum absolute atomic E-state index is 0.00629. The molecule has 3 N–H and O–H groups in total. The molecule has 1 aromatic heterocycles. The number of H-pyrrole nitrogens is 1. The molecule has 6 heteroatoms. The molecule has 1 aliphatic carbocycles. The van der Waals surface area contributed by atoms with Gasteiger partial charge in [-0.3, -0.25) is 10.1 Å². The lowest BCUT2D eigenvalue weighted by Gasteiger charge is -2.38. The van der Waals surface area contributed by atoms with Crippen LogP contribution in [0.5, 0.6) is 0 Å². The third-order valence-electron chi connectivity index (χ3n) is 5.16. The van der Waals surface area contributed by atoms with Crippen molar-refractivity contribution in [3.8, 4) is 0 Å². The molecule has 5 nitrogen and oxygen atoms in total.